The molecule has 0 bridgehead atoms. The third-order valence-electron chi connectivity index (χ3n) is 0.572. The molecule has 0 N–H and O–H groups in total. The lowest BCUT2D eigenvalue weighted by molar-refractivity contribution is -0.107. The number of hydrogen-bond donors (Lipinski definition) is 0. The maximum Gasteiger partial charge on any atom is 0.397 e. The summed E-state index contributed by atoms with van der Waals surface area (Å²) in [4.78, 5) is 0. The minimum Gasteiger partial charge on any atom is -0.334 e. The van der Waals surface area contributed by atoms with E-state index in [4.69, 9.17) is 0 Å². The minimum atomic E-state index is -4.37. The highest BCUT2D eigenvalue weighted by Gasteiger charge is 2.30. The van der Waals surface area contributed by atoms with Crippen molar-refractivity contribution in [3.05, 3.63) is 0 Å². The SMILES string of the molecule is CO[PH](=O)CC(F)(F)F. The van der Waals surface area contributed by atoms with Crippen LogP contribution in [0.15, 0.2) is 0 Å². The quantitative estimate of drug-likeness (QED) is 0.577. The van der Waals surface area contributed by atoms with Crippen molar-refractivity contribution >= 4 is 8.03 Å². The Bertz CT molecular complexity index is 110. The molecule has 0 aromatic carbocycles. The highest BCUT2D eigenvalue weighted by atomic mass is 31.1. The Morgan fingerprint density at radius 3 is 2.11 bits per heavy atom. The summed E-state index contributed by atoms with van der Waals surface area (Å²) in [7, 11) is -1.87. The van der Waals surface area contributed by atoms with Crippen LogP contribution in [0, 0.1) is 0 Å². The number of alkyl halides is 3. The molecule has 0 heterocycles. The van der Waals surface area contributed by atoms with Gasteiger partial charge in [-0.15, -0.1) is 0 Å². The molecule has 0 aliphatic carbocycles. The van der Waals surface area contributed by atoms with Crippen molar-refractivity contribution in [1.29, 1.82) is 0 Å². The molecule has 1 atom stereocenters. The molecular formula is C3H6F3O2P. The van der Waals surface area contributed by atoms with Crippen molar-refractivity contribution < 1.29 is 22.3 Å². The van der Waals surface area contributed by atoms with Gasteiger partial charge in [-0.3, -0.25) is 4.57 Å². The summed E-state index contributed by atoms with van der Waals surface area (Å²) in [5.41, 5.74) is 0. The Kier molecular flexibility index (Phi) is 3.22. The van der Waals surface area contributed by atoms with Crippen molar-refractivity contribution in [2.45, 2.75) is 6.18 Å². The topological polar surface area (TPSA) is 26.3 Å². The van der Waals surface area contributed by atoms with Crippen molar-refractivity contribution in [2.75, 3.05) is 13.3 Å². The van der Waals surface area contributed by atoms with Gasteiger partial charge in [-0.1, -0.05) is 0 Å². The first-order valence-electron chi connectivity index (χ1n) is 2.09. The van der Waals surface area contributed by atoms with Crippen LogP contribution in [0.1, 0.15) is 0 Å². The van der Waals surface area contributed by atoms with E-state index in [-0.39, 0.29) is 0 Å². The summed E-state index contributed by atoms with van der Waals surface area (Å²) >= 11 is 0. The zero-order chi connectivity index (χ0) is 7.49. The van der Waals surface area contributed by atoms with Gasteiger partial charge in [-0.2, -0.15) is 13.2 Å². The predicted octanol–water partition coefficient (Wildman–Crippen LogP) is 1.67. The average molecular weight is 162 g/mol. The minimum absolute atomic E-state index is 0.993. The van der Waals surface area contributed by atoms with Crippen LogP contribution in [-0.4, -0.2) is 19.4 Å². The fourth-order valence-electron chi connectivity index (χ4n) is 0.236. The maximum atomic E-state index is 11.2. The predicted molar refractivity (Wildman–Crippen MR) is 26.9 cm³/mol. The van der Waals surface area contributed by atoms with E-state index >= 15 is 0 Å². The fraction of sp³-hybridized carbons (Fsp3) is 1.00. The number of rotatable bonds is 2. The Labute approximate surface area is 50.9 Å². The van der Waals surface area contributed by atoms with E-state index in [0.717, 1.165) is 7.11 Å². The Morgan fingerprint density at radius 2 is 2.00 bits per heavy atom. The molecular weight excluding hydrogens is 156 g/mol. The largest absolute Gasteiger partial charge is 0.397 e. The molecule has 0 rings (SSSR count). The van der Waals surface area contributed by atoms with Crippen LogP contribution in [0.5, 0.6) is 0 Å². The molecule has 0 aromatic rings. The first-order chi connectivity index (χ1) is 3.95. The molecule has 0 saturated carbocycles. The highest BCUT2D eigenvalue weighted by molar-refractivity contribution is 7.39. The normalized spacial score (nSPS) is 15.6. The first kappa shape index (κ1) is 8.98. The molecule has 1 unspecified atom stereocenters. The van der Waals surface area contributed by atoms with Gasteiger partial charge in [0.05, 0.1) is 0 Å². The van der Waals surface area contributed by atoms with E-state index in [0.29, 0.717) is 0 Å². The summed E-state index contributed by atoms with van der Waals surface area (Å²) in [6, 6.07) is 0. The lowest BCUT2D eigenvalue weighted by Gasteiger charge is -2.02. The highest BCUT2D eigenvalue weighted by Crippen LogP contribution is 2.30. The molecule has 2 nitrogen and oxygen atoms in total. The lowest BCUT2D eigenvalue weighted by Crippen LogP contribution is -2.10. The van der Waals surface area contributed by atoms with Crippen molar-refractivity contribution in [1.82, 2.24) is 0 Å². The van der Waals surface area contributed by atoms with Gasteiger partial charge in [0.2, 0.25) is 0 Å². The van der Waals surface area contributed by atoms with Crippen molar-refractivity contribution in [3.63, 3.8) is 0 Å². The molecule has 0 aliphatic heterocycles. The van der Waals surface area contributed by atoms with E-state index in [1.165, 1.54) is 0 Å². The summed E-state index contributed by atoms with van der Waals surface area (Å²) in [5, 5.41) is 0. The maximum absolute atomic E-state index is 11.2. The molecule has 0 radical (unpaired) electrons. The van der Waals surface area contributed by atoms with E-state index in [2.05, 4.69) is 4.52 Å². The van der Waals surface area contributed by atoms with Gasteiger partial charge in [0.25, 0.3) is 0 Å². The summed E-state index contributed by atoms with van der Waals surface area (Å²) in [5.74, 6) is 0. The zero-order valence-electron chi connectivity index (χ0n) is 4.66. The molecule has 9 heavy (non-hydrogen) atoms. The number of hydrogen-bond acceptors (Lipinski definition) is 2. The van der Waals surface area contributed by atoms with Crippen LogP contribution >= 0.6 is 8.03 Å². The van der Waals surface area contributed by atoms with E-state index in [1.54, 1.807) is 0 Å². The van der Waals surface area contributed by atoms with Crippen LogP contribution < -0.4 is 0 Å². The summed E-state index contributed by atoms with van der Waals surface area (Å²) in [6.45, 7) is 0. The standard InChI is InChI=1S/C3H6F3O2P/c1-8-9(7)2-3(4,5)6/h9H,2H2,1H3. The lowest BCUT2D eigenvalue weighted by atomic mass is 10.8. The van der Waals surface area contributed by atoms with Crippen LogP contribution in [0.2, 0.25) is 0 Å². The number of halogens is 3. The van der Waals surface area contributed by atoms with Gasteiger partial charge in [0.1, 0.15) is 6.16 Å². The summed E-state index contributed by atoms with van der Waals surface area (Å²) < 4.78 is 47.7. The molecule has 0 aromatic heterocycles. The Balaban J connectivity index is 3.60. The van der Waals surface area contributed by atoms with Gasteiger partial charge in [0, 0.05) is 7.11 Å². The molecule has 6 heteroatoms. The fourth-order valence-corrected chi connectivity index (χ4v) is 0.707. The molecule has 0 aliphatic rings. The second-order valence-electron chi connectivity index (χ2n) is 1.37. The first-order valence-corrected chi connectivity index (χ1v) is 3.61. The third-order valence-corrected chi connectivity index (χ3v) is 1.72. The molecule has 0 saturated heterocycles. The molecule has 0 amide bonds. The second-order valence-corrected chi connectivity index (χ2v) is 2.87. The van der Waals surface area contributed by atoms with Gasteiger partial charge < -0.3 is 4.52 Å². The molecule has 0 fully saturated rings. The average Bonchev–Trinajstić information content (AvgIpc) is 1.62. The zero-order valence-corrected chi connectivity index (χ0v) is 5.66. The Morgan fingerprint density at radius 1 is 1.56 bits per heavy atom. The van der Waals surface area contributed by atoms with Gasteiger partial charge in [0.15, 0.2) is 8.03 Å². The van der Waals surface area contributed by atoms with Gasteiger partial charge in [-0.25, -0.2) is 0 Å². The second kappa shape index (κ2) is 3.22. The van der Waals surface area contributed by atoms with Gasteiger partial charge >= 0.3 is 6.18 Å². The van der Waals surface area contributed by atoms with Crippen molar-refractivity contribution in [3.8, 4) is 0 Å². The van der Waals surface area contributed by atoms with E-state index in [9.17, 15) is 17.7 Å². The van der Waals surface area contributed by atoms with E-state index < -0.39 is 20.4 Å². The van der Waals surface area contributed by atoms with Gasteiger partial charge in [-0.05, 0) is 0 Å². The van der Waals surface area contributed by atoms with Crippen LogP contribution in [-0.2, 0) is 9.09 Å². The Hall–Kier alpha value is -0.0200. The van der Waals surface area contributed by atoms with Crippen LogP contribution in [0.4, 0.5) is 13.2 Å². The molecule has 56 valence electrons. The van der Waals surface area contributed by atoms with E-state index in [1.807, 2.05) is 0 Å². The van der Waals surface area contributed by atoms with Crippen molar-refractivity contribution in [2.24, 2.45) is 0 Å². The smallest absolute Gasteiger partial charge is 0.334 e. The monoisotopic (exact) mass is 162 g/mol. The van der Waals surface area contributed by atoms with Crippen LogP contribution in [0.3, 0.4) is 0 Å². The molecule has 0 spiro atoms. The van der Waals surface area contributed by atoms with Crippen LogP contribution in [0.25, 0.3) is 0 Å². The third kappa shape index (κ3) is 5.86. The summed E-state index contributed by atoms with van der Waals surface area (Å²) in [6.07, 6.45) is -5.69.